The van der Waals surface area contributed by atoms with Gasteiger partial charge in [-0.1, -0.05) is 91.0 Å². The van der Waals surface area contributed by atoms with Gasteiger partial charge in [-0.15, -0.1) is 15.0 Å². The van der Waals surface area contributed by atoms with Gasteiger partial charge in [-0.2, -0.15) is 0 Å². The van der Waals surface area contributed by atoms with Crippen LogP contribution in [0.15, 0.2) is 127 Å². The highest BCUT2D eigenvalue weighted by molar-refractivity contribution is 6.10. The molecule has 0 spiro atoms. The average molecular weight is 754 g/mol. The van der Waals surface area contributed by atoms with Gasteiger partial charge in [0.15, 0.2) is 17.3 Å². The normalized spacial score (nSPS) is 10.8. The Labute approximate surface area is 331 Å². The molecule has 0 saturated heterocycles. The second-order valence-electron chi connectivity index (χ2n) is 13.9. The van der Waals surface area contributed by atoms with Crippen LogP contribution in [-0.2, 0) is 0 Å². The number of carbonyl (C=O) groups is 3. The van der Waals surface area contributed by atoms with Crippen molar-refractivity contribution in [2.24, 2.45) is 0 Å². The quantitative estimate of drug-likeness (QED) is 0.112. The van der Waals surface area contributed by atoms with Gasteiger partial charge in [0.1, 0.15) is 17.2 Å². The van der Waals surface area contributed by atoms with E-state index >= 15 is 0 Å². The lowest BCUT2D eigenvalue weighted by Crippen LogP contribution is -2.07. The zero-order valence-electron chi connectivity index (χ0n) is 32.4. The maximum atomic E-state index is 13.3. The zero-order valence-corrected chi connectivity index (χ0v) is 32.4. The largest absolute Gasteiger partial charge is 0.423 e. The van der Waals surface area contributed by atoms with E-state index in [9.17, 15) is 14.4 Å². The Morgan fingerprint density at radius 1 is 0.333 bits per heavy atom. The van der Waals surface area contributed by atoms with Crippen molar-refractivity contribution in [3.8, 4) is 35.3 Å². The molecule has 0 saturated carbocycles. The molecular weight excluding hydrogens is 715 g/mol. The first-order valence-corrected chi connectivity index (χ1v) is 18.4. The van der Waals surface area contributed by atoms with Crippen molar-refractivity contribution in [1.29, 1.82) is 0 Å². The van der Waals surface area contributed by atoms with Gasteiger partial charge in [0, 0.05) is 33.4 Å². The van der Waals surface area contributed by atoms with Crippen LogP contribution >= 0.6 is 0 Å². The summed E-state index contributed by atoms with van der Waals surface area (Å²) in [6, 6.07) is 37.5. The second-order valence-corrected chi connectivity index (χ2v) is 13.9. The summed E-state index contributed by atoms with van der Waals surface area (Å²) < 4.78 is 19.0. The van der Waals surface area contributed by atoms with Crippen molar-refractivity contribution >= 4 is 17.3 Å². The Balaban J connectivity index is 1.24. The molecule has 0 aliphatic heterocycles. The predicted octanol–water partition coefficient (Wildman–Crippen LogP) is 10.8. The molecule has 0 aliphatic carbocycles. The number of aromatic nitrogens is 3. The highest BCUT2D eigenvalue weighted by Crippen LogP contribution is 2.35. The number of hydrogen-bond acceptors (Lipinski definition) is 9. The molecule has 7 aromatic rings. The minimum atomic E-state index is -0.110. The molecule has 1 aromatic heterocycles. The van der Waals surface area contributed by atoms with E-state index in [2.05, 4.69) is 15.0 Å². The molecule has 1 heterocycles. The van der Waals surface area contributed by atoms with Crippen LogP contribution in [0.4, 0.5) is 0 Å². The van der Waals surface area contributed by atoms with Gasteiger partial charge in [-0.3, -0.25) is 14.4 Å². The fourth-order valence-corrected chi connectivity index (χ4v) is 6.73. The molecule has 282 valence electrons. The molecule has 0 atom stereocenters. The lowest BCUT2D eigenvalue weighted by molar-refractivity contribution is 0.103. The van der Waals surface area contributed by atoms with Crippen molar-refractivity contribution in [1.82, 2.24) is 15.0 Å². The second kappa shape index (κ2) is 16.2. The molecule has 57 heavy (non-hydrogen) atoms. The molecule has 0 radical (unpaired) electrons. The van der Waals surface area contributed by atoms with E-state index < -0.39 is 0 Å². The fraction of sp³-hybridized carbons (Fsp3) is 0.125. The highest BCUT2D eigenvalue weighted by atomic mass is 16.5. The van der Waals surface area contributed by atoms with Gasteiger partial charge in [0.2, 0.25) is 0 Å². The molecule has 6 aromatic carbocycles. The number of benzene rings is 6. The van der Waals surface area contributed by atoms with Crippen LogP contribution in [0.1, 0.15) is 81.1 Å². The Kier molecular flexibility index (Phi) is 10.8. The van der Waals surface area contributed by atoms with E-state index in [1.807, 2.05) is 96.1 Å². The number of carbonyl (C=O) groups excluding carboxylic acids is 3. The van der Waals surface area contributed by atoms with Gasteiger partial charge in [-0.05, 0) is 111 Å². The van der Waals surface area contributed by atoms with Crippen molar-refractivity contribution in [2.75, 3.05) is 0 Å². The van der Waals surface area contributed by atoms with Crippen LogP contribution in [0.3, 0.4) is 0 Å². The molecule has 7 rings (SSSR count). The summed E-state index contributed by atoms with van der Waals surface area (Å²) in [5, 5.41) is 0. The van der Waals surface area contributed by atoms with Crippen LogP contribution in [-0.4, -0.2) is 32.3 Å². The molecule has 0 amide bonds. The summed E-state index contributed by atoms with van der Waals surface area (Å²) >= 11 is 0. The summed E-state index contributed by atoms with van der Waals surface area (Å²) in [5.74, 6) is 1.04. The lowest BCUT2D eigenvalue weighted by atomic mass is 9.98. The molecular formula is C48H39N3O6. The number of hydrogen-bond donors (Lipinski definition) is 0. The summed E-state index contributed by atoms with van der Waals surface area (Å²) in [6.45, 7) is 11.1. The molecule has 0 unspecified atom stereocenters. The average Bonchev–Trinajstić information content (AvgIpc) is 3.21. The zero-order chi connectivity index (χ0) is 40.2. The summed E-state index contributed by atoms with van der Waals surface area (Å²) in [7, 11) is 0. The third-order valence-corrected chi connectivity index (χ3v) is 9.43. The van der Waals surface area contributed by atoms with E-state index in [1.54, 1.807) is 72.8 Å². The molecule has 0 fully saturated rings. The standard InChI is InChI=1S/C48H39N3O6/c1-28-22-37(40(52)34-16-10-7-11-17-34)23-29(2)43(28)55-46-49-47(56-44-30(3)24-38(25-31(44)4)41(53)35-18-12-8-13-19-35)51-48(50-46)57-45-32(5)26-39(27-33(45)6)42(54)36-20-14-9-15-21-36/h7-27H,1-6H3. The van der Waals surface area contributed by atoms with E-state index in [4.69, 9.17) is 14.2 Å². The lowest BCUT2D eigenvalue weighted by Gasteiger charge is -2.16. The number of ether oxygens (including phenoxy) is 3. The van der Waals surface area contributed by atoms with E-state index in [0.717, 1.165) is 0 Å². The Bertz CT molecular complexity index is 2290. The minimum absolute atomic E-state index is 0.107. The van der Waals surface area contributed by atoms with E-state index in [1.165, 1.54) is 0 Å². The topological polar surface area (TPSA) is 118 Å². The smallest absolute Gasteiger partial charge is 0.331 e. The monoisotopic (exact) mass is 753 g/mol. The molecule has 0 aliphatic rings. The van der Waals surface area contributed by atoms with Crippen molar-refractivity contribution in [3.63, 3.8) is 0 Å². The number of rotatable bonds is 12. The number of nitrogens with zero attached hydrogens (tertiary/aromatic N) is 3. The summed E-state index contributed by atoms with van der Waals surface area (Å²) in [6.07, 6.45) is 0. The Hall–Kier alpha value is -7.26. The van der Waals surface area contributed by atoms with Gasteiger partial charge in [0.25, 0.3) is 0 Å². The maximum Gasteiger partial charge on any atom is 0.331 e. The van der Waals surface area contributed by atoms with E-state index in [-0.39, 0.29) is 35.4 Å². The predicted molar refractivity (Wildman–Crippen MR) is 217 cm³/mol. The van der Waals surface area contributed by atoms with Gasteiger partial charge < -0.3 is 14.2 Å². The first-order valence-electron chi connectivity index (χ1n) is 18.4. The third kappa shape index (κ3) is 8.38. The first kappa shape index (κ1) is 38.0. The van der Waals surface area contributed by atoms with Gasteiger partial charge in [-0.25, -0.2) is 0 Å². The van der Waals surface area contributed by atoms with Crippen molar-refractivity contribution in [3.05, 3.63) is 194 Å². The fourth-order valence-electron chi connectivity index (χ4n) is 6.73. The highest BCUT2D eigenvalue weighted by Gasteiger charge is 2.21. The maximum absolute atomic E-state index is 13.3. The van der Waals surface area contributed by atoms with Crippen molar-refractivity contribution in [2.45, 2.75) is 41.5 Å². The molecule has 9 nitrogen and oxygen atoms in total. The van der Waals surface area contributed by atoms with Gasteiger partial charge >= 0.3 is 18.0 Å². The van der Waals surface area contributed by atoms with Crippen LogP contribution in [0, 0.1) is 41.5 Å². The van der Waals surface area contributed by atoms with Crippen LogP contribution < -0.4 is 14.2 Å². The minimum Gasteiger partial charge on any atom is -0.423 e. The first-order chi connectivity index (χ1) is 27.4. The van der Waals surface area contributed by atoms with Gasteiger partial charge in [0.05, 0.1) is 0 Å². The van der Waals surface area contributed by atoms with E-state index in [0.29, 0.717) is 84.0 Å². The van der Waals surface area contributed by atoms with Crippen LogP contribution in [0.25, 0.3) is 0 Å². The van der Waals surface area contributed by atoms with Crippen LogP contribution in [0.5, 0.6) is 35.3 Å². The molecule has 0 bridgehead atoms. The number of ketones is 3. The number of aryl methyl sites for hydroxylation is 6. The summed E-state index contributed by atoms with van der Waals surface area (Å²) in [5.41, 5.74) is 7.45. The molecule has 9 heteroatoms. The third-order valence-electron chi connectivity index (χ3n) is 9.43. The SMILES string of the molecule is Cc1cc(C(=O)c2ccccc2)cc(C)c1Oc1nc(Oc2c(C)cc(C(=O)c3ccccc3)cc2C)nc(Oc2c(C)cc(C(=O)c3ccccc3)cc2C)n1. The Morgan fingerprint density at radius 2 is 0.544 bits per heavy atom. The Morgan fingerprint density at radius 3 is 0.754 bits per heavy atom. The van der Waals surface area contributed by atoms with Crippen LogP contribution in [0.2, 0.25) is 0 Å². The van der Waals surface area contributed by atoms with Crippen molar-refractivity contribution < 1.29 is 28.6 Å². The summed E-state index contributed by atoms with van der Waals surface area (Å²) in [4.78, 5) is 53.4. The molecule has 0 N–H and O–H groups in total.